The van der Waals surface area contributed by atoms with Crippen LogP contribution in [0, 0.1) is 0 Å². The molecule has 2 aromatic carbocycles. The van der Waals surface area contributed by atoms with Gasteiger partial charge in [-0.15, -0.1) is 11.3 Å². The van der Waals surface area contributed by atoms with E-state index in [2.05, 4.69) is 23.5 Å². The van der Waals surface area contributed by atoms with Crippen LogP contribution in [0.15, 0.2) is 54.6 Å². The highest BCUT2D eigenvalue weighted by Crippen LogP contribution is 2.28. The van der Waals surface area contributed by atoms with Gasteiger partial charge in [-0.3, -0.25) is 4.79 Å². The van der Waals surface area contributed by atoms with E-state index in [1.54, 1.807) is 11.3 Å². The average molecular weight is 338 g/mol. The van der Waals surface area contributed by atoms with E-state index in [1.165, 1.54) is 9.60 Å². The normalized spacial score (nSPS) is 20.3. The fourth-order valence-corrected chi connectivity index (χ4v) is 4.55. The van der Waals surface area contributed by atoms with Crippen molar-refractivity contribution in [3.8, 4) is 0 Å². The van der Waals surface area contributed by atoms with Crippen LogP contribution >= 0.6 is 11.3 Å². The van der Waals surface area contributed by atoms with Gasteiger partial charge >= 0.3 is 0 Å². The Balaban J connectivity index is 1.47. The summed E-state index contributed by atoms with van der Waals surface area (Å²) in [4.78, 5) is 18.5. The van der Waals surface area contributed by atoms with Crippen molar-refractivity contribution < 1.29 is 9.69 Å². The first-order valence-electron chi connectivity index (χ1n) is 8.34. The van der Waals surface area contributed by atoms with Crippen LogP contribution in [0.2, 0.25) is 0 Å². The van der Waals surface area contributed by atoms with Crippen LogP contribution in [0.5, 0.6) is 0 Å². The summed E-state index contributed by atoms with van der Waals surface area (Å²) in [6.45, 7) is 1.53. The molecule has 1 fully saturated rings. The first-order valence-corrected chi connectivity index (χ1v) is 9.16. The molecular weight excluding hydrogens is 318 g/mol. The Kier molecular flexibility index (Phi) is 4.28. The molecule has 0 aliphatic carbocycles. The zero-order chi connectivity index (χ0) is 16.4. The zero-order valence-electron chi connectivity index (χ0n) is 13.4. The van der Waals surface area contributed by atoms with E-state index in [1.807, 2.05) is 36.4 Å². The number of hydrogen-bond acceptors (Lipinski definition) is 3. The summed E-state index contributed by atoms with van der Waals surface area (Å²) in [5.74, 6) is 0.0733. The van der Waals surface area contributed by atoms with E-state index in [9.17, 15) is 4.79 Å². The standard InChI is InChI=1S/C19H19N3OS/c23-18(20-14-7-2-1-3-8-14)13-22-12-6-10-16(22)19-21-15-9-4-5-11-17(15)24-19/h1-5,7-9,11,16H,6,10,12-13H2,(H,20,23)/p+1/t16-/m0/s1. The maximum absolute atomic E-state index is 12.4. The van der Waals surface area contributed by atoms with Gasteiger partial charge in [0.1, 0.15) is 6.04 Å². The quantitative estimate of drug-likeness (QED) is 0.768. The number of likely N-dealkylation sites (tertiary alicyclic amines) is 1. The van der Waals surface area contributed by atoms with Crippen molar-refractivity contribution in [1.82, 2.24) is 4.98 Å². The molecule has 2 heterocycles. The molecule has 1 aliphatic heterocycles. The fraction of sp³-hybridized carbons (Fsp3) is 0.263. The lowest BCUT2D eigenvalue weighted by molar-refractivity contribution is -0.910. The van der Waals surface area contributed by atoms with Crippen LogP contribution in [0.4, 0.5) is 5.69 Å². The van der Waals surface area contributed by atoms with Gasteiger partial charge in [0, 0.05) is 18.5 Å². The number of hydrogen-bond donors (Lipinski definition) is 2. The Hall–Kier alpha value is -2.24. The number of para-hydroxylation sites is 2. The van der Waals surface area contributed by atoms with Crippen molar-refractivity contribution in [1.29, 1.82) is 0 Å². The number of aromatic nitrogens is 1. The molecule has 1 aliphatic rings. The summed E-state index contributed by atoms with van der Waals surface area (Å²) in [7, 11) is 0. The molecule has 1 saturated heterocycles. The lowest BCUT2D eigenvalue weighted by Crippen LogP contribution is -3.11. The number of nitrogens with one attached hydrogen (secondary N) is 2. The topological polar surface area (TPSA) is 46.4 Å². The van der Waals surface area contributed by atoms with Crippen LogP contribution in [0.25, 0.3) is 10.2 Å². The molecule has 4 nitrogen and oxygen atoms in total. The molecule has 0 bridgehead atoms. The van der Waals surface area contributed by atoms with E-state index < -0.39 is 0 Å². The molecule has 2 N–H and O–H groups in total. The number of rotatable bonds is 4. The number of amides is 1. The molecular formula is C19H20N3OS+. The maximum atomic E-state index is 12.4. The number of carbonyl (C=O) groups excluding carboxylic acids is 1. The van der Waals surface area contributed by atoms with Crippen molar-refractivity contribution in [3.05, 3.63) is 59.6 Å². The van der Waals surface area contributed by atoms with Gasteiger partial charge < -0.3 is 10.2 Å². The Morgan fingerprint density at radius 3 is 2.79 bits per heavy atom. The number of quaternary nitrogens is 1. The Labute approximate surface area is 145 Å². The highest BCUT2D eigenvalue weighted by Gasteiger charge is 2.33. The molecule has 1 aromatic heterocycles. The third kappa shape index (κ3) is 3.18. The smallest absolute Gasteiger partial charge is 0.279 e. The zero-order valence-corrected chi connectivity index (χ0v) is 14.2. The van der Waals surface area contributed by atoms with Crippen molar-refractivity contribution in [2.24, 2.45) is 0 Å². The number of thiazole rings is 1. The summed E-state index contributed by atoms with van der Waals surface area (Å²) in [6, 6.07) is 18.2. The number of anilines is 1. The third-order valence-corrected chi connectivity index (χ3v) is 5.69. The van der Waals surface area contributed by atoms with Crippen molar-refractivity contribution in [2.75, 3.05) is 18.4 Å². The second kappa shape index (κ2) is 6.71. The summed E-state index contributed by atoms with van der Waals surface area (Å²) < 4.78 is 1.23. The van der Waals surface area contributed by atoms with Crippen LogP contribution in [-0.4, -0.2) is 24.0 Å². The first-order chi connectivity index (χ1) is 11.8. The van der Waals surface area contributed by atoms with Crippen LogP contribution < -0.4 is 10.2 Å². The van der Waals surface area contributed by atoms with E-state index in [0.717, 1.165) is 35.6 Å². The molecule has 1 amide bonds. The minimum atomic E-state index is 0.0733. The molecule has 0 spiro atoms. The minimum absolute atomic E-state index is 0.0733. The van der Waals surface area contributed by atoms with Crippen LogP contribution in [0.1, 0.15) is 23.9 Å². The third-order valence-electron chi connectivity index (χ3n) is 4.54. The lowest BCUT2D eigenvalue weighted by Gasteiger charge is -2.19. The SMILES string of the molecule is O=C(C[NH+]1CCC[C@H]1c1nc2ccccc2s1)Nc1ccccc1. The molecule has 4 rings (SSSR count). The van der Waals surface area contributed by atoms with Gasteiger partial charge in [0.25, 0.3) is 5.91 Å². The van der Waals surface area contributed by atoms with E-state index >= 15 is 0 Å². The predicted molar refractivity (Wildman–Crippen MR) is 97.4 cm³/mol. The van der Waals surface area contributed by atoms with E-state index in [4.69, 9.17) is 4.98 Å². The second-order valence-corrected chi connectivity index (χ2v) is 7.28. The lowest BCUT2D eigenvalue weighted by atomic mass is 10.2. The molecule has 0 saturated carbocycles. The van der Waals surface area contributed by atoms with Crippen LogP contribution in [-0.2, 0) is 4.79 Å². The summed E-state index contributed by atoms with van der Waals surface area (Å²) in [5, 5.41) is 4.15. The highest BCUT2D eigenvalue weighted by molar-refractivity contribution is 7.18. The largest absolute Gasteiger partial charge is 0.321 e. The fourth-order valence-electron chi connectivity index (χ4n) is 3.39. The minimum Gasteiger partial charge on any atom is -0.321 e. The highest BCUT2D eigenvalue weighted by atomic mass is 32.1. The van der Waals surface area contributed by atoms with Gasteiger partial charge in [0.05, 0.1) is 16.8 Å². The van der Waals surface area contributed by atoms with Gasteiger partial charge in [0.15, 0.2) is 11.6 Å². The Morgan fingerprint density at radius 2 is 1.96 bits per heavy atom. The van der Waals surface area contributed by atoms with Gasteiger partial charge in [0.2, 0.25) is 0 Å². The Morgan fingerprint density at radius 1 is 1.17 bits per heavy atom. The molecule has 122 valence electrons. The molecule has 24 heavy (non-hydrogen) atoms. The van der Waals surface area contributed by atoms with Crippen molar-refractivity contribution in [2.45, 2.75) is 18.9 Å². The van der Waals surface area contributed by atoms with E-state index in [0.29, 0.717) is 12.6 Å². The summed E-state index contributed by atoms with van der Waals surface area (Å²) in [6.07, 6.45) is 2.25. The first kappa shape index (κ1) is 15.3. The van der Waals surface area contributed by atoms with Crippen molar-refractivity contribution >= 4 is 33.1 Å². The number of benzene rings is 2. The molecule has 0 radical (unpaired) electrons. The maximum Gasteiger partial charge on any atom is 0.279 e. The number of nitrogens with zero attached hydrogens (tertiary/aromatic N) is 1. The second-order valence-electron chi connectivity index (χ2n) is 6.21. The molecule has 3 aromatic rings. The van der Waals surface area contributed by atoms with Crippen LogP contribution in [0.3, 0.4) is 0 Å². The molecule has 5 heteroatoms. The van der Waals surface area contributed by atoms with Gasteiger partial charge in [-0.25, -0.2) is 4.98 Å². The average Bonchev–Trinajstić information content (AvgIpc) is 3.21. The Bertz CT molecular complexity index is 813. The molecule has 1 unspecified atom stereocenters. The summed E-state index contributed by atoms with van der Waals surface area (Å²) in [5.41, 5.74) is 1.93. The number of fused-ring (bicyclic) bond motifs is 1. The number of carbonyl (C=O) groups is 1. The van der Waals surface area contributed by atoms with Crippen molar-refractivity contribution in [3.63, 3.8) is 0 Å². The van der Waals surface area contributed by atoms with E-state index in [-0.39, 0.29) is 5.91 Å². The predicted octanol–water partition coefficient (Wildman–Crippen LogP) is 2.65. The summed E-state index contributed by atoms with van der Waals surface area (Å²) >= 11 is 1.77. The van der Waals surface area contributed by atoms with Gasteiger partial charge in [-0.05, 0) is 24.3 Å². The van der Waals surface area contributed by atoms with Gasteiger partial charge in [-0.1, -0.05) is 30.3 Å². The molecule has 2 atom stereocenters. The van der Waals surface area contributed by atoms with Gasteiger partial charge in [-0.2, -0.15) is 0 Å². The monoisotopic (exact) mass is 338 g/mol.